The van der Waals surface area contributed by atoms with Crippen LogP contribution in [0, 0.1) is 0 Å². The summed E-state index contributed by atoms with van der Waals surface area (Å²) < 4.78 is 0. The van der Waals surface area contributed by atoms with Gasteiger partial charge in [-0.1, -0.05) is 0 Å². The first-order chi connectivity index (χ1) is 8.09. The van der Waals surface area contributed by atoms with E-state index in [1.165, 1.54) is 11.3 Å². The lowest BCUT2D eigenvalue weighted by atomic mass is 10.2. The summed E-state index contributed by atoms with van der Waals surface area (Å²) in [6, 6.07) is -0.364. The van der Waals surface area contributed by atoms with Crippen LogP contribution in [0.1, 0.15) is 29.6 Å². The van der Waals surface area contributed by atoms with Crippen molar-refractivity contribution in [1.29, 1.82) is 0 Å². The fraction of sp³-hybridized carbons (Fsp3) is 0.545. The van der Waals surface area contributed by atoms with Gasteiger partial charge in [0.15, 0.2) is 5.01 Å². The minimum Gasteiger partial charge on any atom is -0.331 e. The average Bonchev–Trinajstić information content (AvgIpc) is 2.98. The quantitative estimate of drug-likeness (QED) is 0.782. The first-order valence-electron chi connectivity index (χ1n) is 5.58. The van der Waals surface area contributed by atoms with Crippen LogP contribution in [0.25, 0.3) is 0 Å². The Morgan fingerprint density at radius 1 is 1.65 bits per heavy atom. The molecule has 0 aromatic carbocycles. The maximum Gasteiger partial charge on any atom is 0.239 e. The van der Waals surface area contributed by atoms with Crippen LogP contribution in [-0.2, 0) is 4.79 Å². The molecule has 92 valence electrons. The number of hydrogen-bond acceptors (Lipinski definition) is 5. The second-order valence-corrected chi connectivity index (χ2v) is 5.14. The molecule has 1 heterocycles. The molecule has 1 saturated carbocycles. The minimum atomic E-state index is -0.556. The molecule has 2 N–H and O–H groups in total. The third-order valence-corrected chi connectivity index (χ3v) is 3.46. The molecule has 0 spiro atoms. The van der Waals surface area contributed by atoms with Gasteiger partial charge in [-0.15, -0.1) is 11.3 Å². The Balaban J connectivity index is 2.03. The molecule has 0 bridgehead atoms. The Morgan fingerprint density at radius 3 is 2.82 bits per heavy atom. The Hall–Kier alpha value is -1.27. The zero-order chi connectivity index (χ0) is 12.4. The first-order valence-corrected chi connectivity index (χ1v) is 6.46. The second kappa shape index (κ2) is 4.93. The molecule has 1 aromatic rings. The van der Waals surface area contributed by atoms with E-state index >= 15 is 0 Å². The van der Waals surface area contributed by atoms with Crippen molar-refractivity contribution in [3.8, 4) is 0 Å². The second-order valence-electron chi connectivity index (χ2n) is 4.25. The highest BCUT2D eigenvalue weighted by Gasteiger charge is 2.35. The summed E-state index contributed by atoms with van der Waals surface area (Å²) in [6.07, 6.45) is 3.51. The van der Waals surface area contributed by atoms with Crippen LogP contribution in [0.15, 0.2) is 11.6 Å². The normalized spacial score (nSPS) is 16.6. The van der Waals surface area contributed by atoms with Crippen molar-refractivity contribution in [1.82, 2.24) is 9.88 Å². The van der Waals surface area contributed by atoms with Gasteiger partial charge in [-0.25, -0.2) is 4.98 Å². The summed E-state index contributed by atoms with van der Waals surface area (Å²) in [5, 5.41) is 2.20. The van der Waals surface area contributed by atoms with E-state index in [4.69, 9.17) is 5.73 Å². The SMILES string of the molecule is C[C@H](N)C(=O)N(CC(=O)c1nccs1)C1CC1. The molecule has 1 atom stereocenters. The molecule has 0 unspecified atom stereocenters. The van der Waals surface area contributed by atoms with Crippen molar-refractivity contribution in [3.05, 3.63) is 16.6 Å². The Labute approximate surface area is 104 Å². The van der Waals surface area contributed by atoms with Crippen LogP contribution in [0.2, 0.25) is 0 Å². The molecule has 1 fully saturated rings. The molecule has 17 heavy (non-hydrogen) atoms. The molecule has 1 aliphatic rings. The van der Waals surface area contributed by atoms with Crippen molar-refractivity contribution in [2.45, 2.75) is 31.8 Å². The molecule has 2 rings (SSSR count). The van der Waals surface area contributed by atoms with Gasteiger partial charge in [0, 0.05) is 17.6 Å². The van der Waals surface area contributed by atoms with Crippen LogP contribution in [0.5, 0.6) is 0 Å². The number of ketones is 1. The van der Waals surface area contributed by atoms with E-state index in [2.05, 4.69) is 4.98 Å². The summed E-state index contributed by atoms with van der Waals surface area (Å²) in [5.41, 5.74) is 5.58. The van der Waals surface area contributed by atoms with E-state index in [1.54, 1.807) is 23.4 Å². The van der Waals surface area contributed by atoms with Gasteiger partial charge in [0.05, 0.1) is 12.6 Å². The molecular formula is C11H15N3O2S. The topological polar surface area (TPSA) is 76.3 Å². The fourth-order valence-electron chi connectivity index (χ4n) is 1.62. The van der Waals surface area contributed by atoms with E-state index in [-0.39, 0.29) is 24.3 Å². The summed E-state index contributed by atoms with van der Waals surface area (Å²) in [5.74, 6) is -0.265. The van der Waals surface area contributed by atoms with Gasteiger partial charge >= 0.3 is 0 Å². The summed E-state index contributed by atoms with van der Waals surface area (Å²) in [4.78, 5) is 29.3. The minimum absolute atomic E-state index is 0.0958. The molecule has 1 amide bonds. The Bertz CT molecular complexity index is 412. The number of nitrogens with two attached hydrogens (primary N) is 1. The van der Waals surface area contributed by atoms with Gasteiger partial charge in [0.1, 0.15) is 0 Å². The standard InChI is InChI=1S/C11H15N3O2S/c1-7(12)11(16)14(8-2-3-8)6-9(15)10-13-4-5-17-10/h4-5,7-8H,2-3,6,12H2,1H3/t7-/m0/s1. The van der Waals surface area contributed by atoms with E-state index in [0.717, 1.165) is 12.8 Å². The maximum absolute atomic E-state index is 11.9. The third kappa shape index (κ3) is 2.89. The molecule has 0 aliphatic heterocycles. The van der Waals surface area contributed by atoms with Crippen LogP contribution in [-0.4, -0.2) is 40.2 Å². The number of carbonyl (C=O) groups excluding carboxylic acids is 2. The van der Waals surface area contributed by atoms with Gasteiger partial charge in [-0.2, -0.15) is 0 Å². The van der Waals surface area contributed by atoms with Crippen LogP contribution in [0.3, 0.4) is 0 Å². The van der Waals surface area contributed by atoms with Crippen LogP contribution in [0.4, 0.5) is 0 Å². The van der Waals surface area contributed by atoms with E-state index in [0.29, 0.717) is 5.01 Å². The number of aromatic nitrogens is 1. The van der Waals surface area contributed by atoms with Crippen LogP contribution < -0.4 is 5.73 Å². The van der Waals surface area contributed by atoms with Gasteiger partial charge in [0.25, 0.3) is 0 Å². The van der Waals surface area contributed by atoms with E-state index in [1.807, 2.05) is 0 Å². The molecule has 6 heteroatoms. The molecule has 1 aliphatic carbocycles. The third-order valence-electron chi connectivity index (χ3n) is 2.65. The van der Waals surface area contributed by atoms with Gasteiger partial charge in [-0.3, -0.25) is 9.59 Å². The van der Waals surface area contributed by atoms with Crippen molar-refractivity contribution in [2.75, 3.05) is 6.54 Å². The number of nitrogens with zero attached hydrogens (tertiary/aromatic N) is 2. The highest BCUT2D eigenvalue weighted by Crippen LogP contribution is 2.27. The van der Waals surface area contributed by atoms with Crippen LogP contribution >= 0.6 is 11.3 Å². The molecular weight excluding hydrogens is 238 g/mol. The largest absolute Gasteiger partial charge is 0.331 e. The van der Waals surface area contributed by atoms with E-state index in [9.17, 15) is 9.59 Å². The lowest BCUT2D eigenvalue weighted by molar-refractivity contribution is -0.132. The highest BCUT2D eigenvalue weighted by molar-refractivity contribution is 7.11. The van der Waals surface area contributed by atoms with Gasteiger partial charge in [-0.05, 0) is 19.8 Å². The predicted molar refractivity (Wildman–Crippen MR) is 64.8 cm³/mol. The lowest BCUT2D eigenvalue weighted by Crippen LogP contribution is -2.45. The highest BCUT2D eigenvalue weighted by atomic mass is 32.1. The van der Waals surface area contributed by atoms with Gasteiger partial charge < -0.3 is 10.6 Å². The van der Waals surface area contributed by atoms with E-state index < -0.39 is 6.04 Å². The summed E-state index contributed by atoms with van der Waals surface area (Å²) >= 11 is 1.30. The number of amides is 1. The van der Waals surface area contributed by atoms with Gasteiger partial charge in [0.2, 0.25) is 11.7 Å². The predicted octanol–water partition coefficient (Wildman–Crippen LogP) is 0.664. The Kier molecular flexibility index (Phi) is 3.54. The smallest absolute Gasteiger partial charge is 0.239 e. The monoisotopic (exact) mass is 253 g/mol. The van der Waals surface area contributed by atoms with Crippen molar-refractivity contribution < 1.29 is 9.59 Å². The Morgan fingerprint density at radius 2 is 2.35 bits per heavy atom. The molecule has 1 aromatic heterocycles. The molecule has 5 nitrogen and oxygen atoms in total. The van der Waals surface area contributed by atoms with Crippen molar-refractivity contribution >= 4 is 23.0 Å². The average molecular weight is 253 g/mol. The number of thiazole rings is 1. The number of carbonyl (C=O) groups is 2. The fourth-order valence-corrected chi connectivity index (χ4v) is 2.19. The maximum atomic E-state index is 11.9. The zero-order valence-corrected chi connectivity index (χ0v) is 10.4. The number of hydrogen-bond donors (Lipinski definition) is 1. The lowest BCUT2D eigenvalue weighted by Gasteiger charge is -2.22. The zero-order valence-electron chi connectivity index (χ0n) is 9.63. The first kappa shape index (κ1) is 12.2. The molecule has 0 radical (unpaired) electrons. The number of Topliss-reactive ketones (excluding diaryl/α,β-unsaturated/α-hetero) is 1. The summed E-state index contributed by atoms with van der Waals surface area (Å²) in [7, 11) is 0. The van der Waals surface area contributed by atoms with Crippen molar-refractivity contribution in [2.24, 2.45) is 5.73 Å². The summed E-state index contributed by atoms with van der Waals surface area (Å²) in [6.45, 7) is 1.74. The molecule has 0 saturated heterocycles. The number of rotatable bonds is 5. The van der Waals surface area contributed by atoms with Crippen molar-refractivity contribution in [3.63, 3.8) is 0 Å².